The molecule has 2 heterocycles. The molecule has 1 aliphatic heterocycles. The average Bonchev–Trinajstić information content (AvgIpc) is 3.32. The molecule has 2 aromatic carbocycles. The van der Waals surface area contributed by atoms with Crippen molar-refractivity contribution in [3.8, 4) is 0 Å². The lowest BCUT2D eigenvalue weighted by molar-refractivity contribution is -0.385. The van der Waals surface area contributed by atoms with E-state index in [1.54, 1.807) is 28.8 Å². The second-order valence-electron chi connectivity index (χ2n) is 7.32. The zero-order valence-corrected chi connectivity index (χ0v) is 19.1. The van der Waals surface area contributed by atoms with Crippen molar-refractivity contribution in [1.82, 2.24) is 9.21 Å². The number of nitro benzene ring substituents is 1. The summed E-state index contributed by atoms with van der Waals surface area (Å²) in [6.45, 7) is 0.575. The van der Waals surface area contributed by atoms with Gasteiger partial charge in [-0.3, -0.25) is 14.9 Å². The number of rotatable bonds is 7. The van der Waals surface area contributed by atoms with Gasteiger partial charge in [-0.15, -0.1) is 11.8 Å². The highest BCUT2D eigenvalue weighted by atomic mass is 32.2. The summed E-state index contributed by atoms with van der Waals surface area (Å²) >= 11 is 1.60. The van der Waals surface area contributed by atoms with E-state index in [-0.39, 0.29) is 48.4 Å². The molecule has 1 amide bonds. The lowest BCUT2D eigenvalue weighted by Crippen LogP contribution is -2.50. The van der Waals surface area contributed by atoms with Crippen LogP contribution in [-0.4, -0.2) is 54.6 Å². The van der Waals surface area contributed by atoms with Crippen LogP contribution in [0.15, 0.2) is 80.9 Å². The van der Waals surface area contributed by atoms with Crippen LogP contribution in [0.5, 0.6) is 0 Å². The van der Waals surface area contributed by atoms with Gasteiger partial charge in [-0.05, 0) is 30.3 Å². The zero-order valence-electron chi connectivity index (χ0n) is 17.5. The van der Waals surface area contributed by atoms with E-state index in [9.17, 15) is 23.3 Å². The Labute approximate surface area is 195 Å². The van der Waals surface area contributed by atoms with Gasteiger partial charge in [-0.2, -0.15) is 4.31 Å². The molecule has 1 saturated heterocycles. The van der Waals surface area contributed by atoms with E-state index in [0.717, 1.165) is 11.0 Å². The number of furan rings is 1. The number of amides is 1. The van der Waals surface area contributed by atoms with Crippen LogP contribution in [0.25, 0.3) is 0 Å². The fourth-order valence-corrected chi connectivity index (χ4v) is 5.71. The number of sulfonamides is 1. The standard InChI is InChI=1S/C22H21N3O6S2/c26-22(21-10-9-18(31-21)16-32-19-6-2-1-3-7-19)23-11-13-24(14-12-23)33(29,30)20-8-4-5-17(15-20)25(27)28/h1-10,15H,11-14,16H2. The third kappa shape index (κ3) is 5.27. The predicted molar refractivity (Wildman–Crippen MR) is 122 cm³/mol. The first-order valence-electron chi connectivity index (χ1n) is 10.1. The molecule has 0 radical (unpaired) electrons. The number of piperazine rings is 1. The molecule has 9 nitrogen and oxygen atoms in total. The maximum atomic E-state index is 12.9. The second-order valence-corrected chi connectivity index (χ2v) is 10.3. The number of thioether (sulfide) groups is 1. The topological polar surface area (TPSA) is 114 Å². The highest BCUT2D eigenvalue weighted by Crippen LogP contribution is 2.25. The van der Waals surface area contributed by atoms with Crippen LogP contribution in [0.1, 0.15) is 16.3 Å². The lowest BCUT2D eigenvalue weighted by Gasteiger charge is -2.33. The maximum absolute atomic E-state index is 12.9. The van der Waals surface area contributed by atoms with Gasteiger partial charge < -0.3 is 9.32 Å². The van der Waals surface area contributed by atoms with E-state index in [0.29, 0.717) is 11.5 Å². The van der Waals surface area contributed by atoms with E-state index in [1.807, 2.05) is 30.3 Å². The number of hydrogen-bond acceptors (Lipinski definition) is 7. The maximum Gasteiger partial charge on any atom is 0.289 e. The molecule has 0 spiro atoms. The minimum atomic E-state index is -3.90. The fourth-order valence-electron chi connectivity index (χ4n) is 3.44. The van der Waals surface area contributed by atoms with Gasteiger partial charge in [0.15, 0.2) is 5.76 Å². The first-order valence-corrected chi connectivity index (χ1v) is 12.6. The summed E-state index contributed by atoms with van der Waals surface area (Å²) in [6.07, 6.45) is 0. The SMILES string of the molecule is O=C(c1ccc(CSc2ccccc2)o1)N1CCN(S(=O)(=O)c2cccc([N+](=O)[O-])c2)CC1. The molecule has 1 fully saturated rings. The van der Waals surface area contributed by atoms with Crippen LogP contribution in [-0.2, 0) is 15.8 Å². The molecule has 0 unspecified atom stereocenters. The van der Waals surface area contributed by atoms with Gasteiger partial charge in [0.25, 0.3) is 11.6 Å². The molecule has 172 valence electrons. The van der Waals surface area contributed by atoms with E-state index >= 15 is 0 Å². The van der Waals surface area contributed by atoms with Crippen molar-refractivity contribution in [3.05, 3.63) is 88.4 Å². The van der Waals surface area contributed by atoms with E-state index < -0.39 is 14.9 Å². The summed E-state index contributed by atoms with van der Waals surface area (Å²) in [4.78, 5) is 25.7. The van der Waals surface area contributed by atoms with Crippen molar-refractivity contribution in [2.45, 2.75) is 15.5 Å². The van der Waals surface area contributed by atoms with Gasteiger partial charge >= 0.3 is 0 Å². The van der Waals surface area contributed by atoms with Gasteiger partial charge in [-0.25, -0.2) is 8.42 Å². The van der Waals surface area contributed by atoms with Crippen molar-refractivity contribution in [2.75, 3.05) is 26.2 Å². The summed E-state index contributed by atoms with van der Waals surface area (Å²) in [6, 6.07) is 18.2. The predicted octanol–water partition coefficient (Wildman–Crippen LogP) is 3.63. The van der Waals surface area contributed by atoms with Crippen LogP contribution >= 0.6 is 11.8 Å². The minimum Gasteiger partial charge on any atom is -0.455 e. The molecule has 0 saturated carbocycles. The summed E-state index contributed by atoms with van der Waals surface area (Å²) in [5.41, 5.74) is -0.288. The Bertz CT molecular complexity index is 1250. The quantitative estimate of drug-likeness (QED) is 0.284. The Balaban J connectivity index is 1.36. The molecular weight excluding hydrogens is 466 g/mol. The number of hydrogen-bond donors (Lipinski definition) is 0. The molecule has 33 heavy (non-hydrogen) atoms. The Kier molecular flexibility index (Phi) is 6.82. The number of nitro groups is 1. The number of carbonyl (C=O) groups is 1. The molecule has 11 heteroatoms. The Morgan fingerprint density at radius 1 is 1.00 bits per heavy atom. The van der Waals surface area contributed by atoms with Gasteiger partial charge in [0, 0.05) is 43.2 Å². The van der Waals surface area contributed by atoms with Crippen LogP contribution in [0.2, 0.25) is 0 Å². The highest BCUT2D eigenvalue weighted by molar-refractivity contribution is 7.98. The average molecular weight is 488 g/mol. The minimum absolute atomic E-state index is 0.0915. The summed E-state index contributed by atoms with van der Waals surface area (Å²) in [5.74, 6) is 1.19. The molecule has 0 atom stereocenters. The number of carbonyl (C=O) groups excluding carboxylic acids is 1. The van der Waals surface area contributed by atoms with Crippen molar-refractivity contribution >= 4 is 33.4 Å². The Hall–Kier alpha value is -3.15. The normalized spacial score (nSPS) is 14.8. The molecule has 4 rings (SSSR count). The van der Waals surface area contributed by atoms with Gasteiger partial charge in [-0.1, -0.05) is 24.3 Å². The molecule has 3 aromatic rings. The van der Waals surface area contributed by atoms with Crippen LogP contribution in [0, 0.1) is 10.1 Å². The molecule has 1 aromatic heterocycles. The molecule has 1 aliphatic rings. The molecule has 0 bridgehead atoms. The first kappa shape index (κ1) is 23.0. The number of non-ortho nitro benzene ring substituents is 1. The zero-order chi connectivity index (χ0) is 23.4. The van der Waals surface area contributed by atoms with Crippen LogP contribution in [0.3, 0.4) is 0 Å². The van der Waals surface area contributed by atoms with Crippen molar-refractivity contribution in [1.29, 1.82) is 0 Å². The lowest BCUT2D eigenvalue weighted by atomic mass is 10.3. The van der Waals surface area contributed by atoms with E-state index in [2.05, 4.69) is 0 Å². The van der Waals surface area contributed by atoms with Gasteiger partial charge in [0.1, 0.15) is 5.76 Å². The third-order valence-electron chi connectivity index (χ3n) is 5.19. The van der Waals surface area contributed by atoms with E-state index in [1.165, 1.54) is 22.5 Å². The first-order chi connectivity index (χ1) is 15.8. The molecule has 0 aliphatic carbocycles. The highest BCUT2D eigenvalue weighted by Gasteiger charge is 2.32. The summed E-state index contributed by atoms with van der Waals surface area (Å²) in [7, 11) is -3.90. The van der Waals surface area contributed by atoms with Crippen LogP contribution in [0.4, 0.5) is 5.69 Å². The van der Waals surface area contributed by atoms with Gasteiger partial charge in [0.05, 0.1) is 15.6 Å². The van der Waals surface area contributed by atoms with Crippen LogP contribution < -0.4 is 0 Å². The van der Waals surface area contributed by atoms with Crippen molar-refractivity contribution in [3.63, 3.8) is 0 Å². The Morgan fingerprint density at radius 2 is 1.73 bits per heavy atom. The smallest absolute Gasteiger partial charge is 0.289 e. The summed E-state index contributed by atoms with van der Waals surface area (Å²) < 4.78 is 32.7. The number of benzene rings is 2. The largest absolute Gasteiger partial charge is 0.455 e. The van der Waals surface area contributed by atoms with E-state index in [4.69, 9.17) is 4.42 Å². The molecule has 0 N–H and O–H groups in total. The number of nitrogens with zero attached hydrogens (tertiary/aromatic N) is 3. The molecular formula is C22H21N3O6S2. The second kappa shape index (κ2) is 9.77. The van der Waals surface area contributed by atoms with Crippen molar-refractivity contribution in [2.24, 2.45) is 0 Å². The monoisotopic (exact) mass is 487 g/mol. The summed E-state index contributed by atoms with van der Waals surface area (Å²) in [5, 5.41) is 11.0. The Morgan fingerprint density at radius 3 is 2.42 bits per heavy atom. The third-order valence-corrected chi connectivity index (χ3v) is 8.12. The fraction of sp³-hybridized carbons (Fsp3) is 0.227. The van der Waals surface area contributed by atoms with Gasteiger partial charge in [0.2, 0.25) is 10.0 Å². The van der Waals surface area contributed by atoms with Crippen molar-refractivity contribution < 1.29 is 22.6 Å².